The number of hydrogen-bond donors (Lipinski definition) is 2. The predicted octanol–water partition coefficient (Wildman–Crippen LogP) is 0.559. The highest BCUT2D eigenvalue weighted by molar-refractivity contribution is 6.30. The summed E-state index contributed by atoms with van der Waals surface area (Å²) >= 11 is 5.84. The van der Waals surface area contributed by atoms with Crippen LogP contribution in [0.2, 0.25) is 5.02 Å². The lowest BCUT2D eigenvalue weighted by Crippen LogP contribution is -2.18. The fraction of sp³-hybridized carbons (Fsp3) is 0.0833. The number of aromatic nitrogens is 3. The molecule has 0 spiro atoms. The number of nitrogens with two attached hydrogens (primary N) is 2. The summed E-state index contributed by atoms with van der Waals surface area (Å²) in [6, 6.07) is 3.19. The number of methoxy groups -OCH3 is 1. The van der Waals surface area contributed by atoms with Gasteiger partial charge in [0, 0.05) is 11.2 Å². The number of hydrogen-bond acceptors (Lipinski definition) is 6. The predicted molar refractivity (Wildman–Crippen MR) is 79.3 cm³/mol. The first-order chi connectivity index (χ1) is 10.1. The van der Waals surface area contributed by atoms with Crippen molar-refractivity contribution < 1.29 is 4.74 Å². The molecule has 108 valence electrons. The van der Waals surface area contributed by atoms with E-state index in [1.165, 1.54) is 25.7 Å². The van der Waals surface area contributed by atoms with Crippen LogP contribution in [0.25, 0.3) is 0 Å². The average molecular weight is 306 g/mol. The smallest absolute Gasteiger partial charge is 0.232 e. The first kappa shape index (κ1) is 14.7. The lowest BCUT2D eigenvalue weighted by Gasteiger charge is -2.01. The SMILES string of the molecule is COc1cncc(/C(N)=N/N=C(\N)c2cc(Cl)ccn2)n1. The fourth-order valence-corrected chi connectivity index (χ4v) is 1.48. The van der Waals surface area contributed by atoms with Crippen molar-refractivity contribution in [3.05, 3.63) is 47.1 Å². The molecule has 0 saturated carbocycles. The molecule has 0 bridgehead atoms. The van der Waals surface area contributed by atoms with Gasteiger partial charge in [-0.1, -0.05) is 11.6 Å². The highest BCUT2D eigenvalue weighted by Crippen LogP contribution is 2.08. The summed E-state index contributed by atoms with van der Waals surface area (Å²) < 4.78 is 4.94. The van der Waals surface area contributed by atoms with E-state index in [9.17, 15) is 0 Å². The average Bonchev–Trinajstić information content (AvgIpc) is 2.52. The molecular weight excluding hydrogens is 294 g/mol. The molecule has 0 amide bonds. The van der Waals surface area contributed by atoms with Gasteiger partial charge in [0.15, 0.2) is 11.7 Å². The van der Waals surface area contributed by atoms with Crippen LogP contribution < -0.4 is 16.2 Å². The van der Waals surface area contributed by atoms with Gasteiger partial charge in [-0.05, 0) is 12.1 Å². The van der Waals surface area contributed by atoms with E-state index in [0.29, 0.717) is 22.3 Å². The minimum atomic E-state index is 0.0476. The van der Waals surface area contributed by atoms with Gasteiger partial charge in [-0.3, -0.25) is 9.97 Å². The van der Waals surface area contributed by atoms with Crippen molar-refractivity contribution in [2.45, 2.75) is 0 Å². The molecule has 2 aromatic heterocycles. The van der Waals surface area contributed by atoms with Crippen LogP contribution in [0, 0.1) is 0 Å². The summed E-state index contributed by atoms with van der Waals surface area (Å²) in [5.74, 6) is 0.446. The normalized spacial score (nSPS) is 12.3. The Hall–Kier alpha value is -2.74. The Labute approximate surface area is 125 Å². The van der Waals surface area contributed by atoms with Crippen LogP contribution in [-0.2, 0) is 0 Å². The molecule has 2 rings (SSSR count). The Balaban J connectivity index is 2.24. The standard InChI is InChI=1S/C12H12ClN7O/c1-21-10-6-16-5-9(18-10)12(15)20-19-11(14)8-4-7(13)2-3-17-8/h2-6H,1H3,(H2,14,19)(H2,15,20). The van der Waals surface area contributed by atoms with Crippen LogP contribution in [0.5, 0.6) is 5.88 Å². The number of ether oxygens (including phenoxy) is 1. The summed E-state index contributed by atoms with van der Waals surface area (Å²) in [4.78, 5) is 12.0. The maximum atomic E-state index is 5.84. The lowest BCUT2D eigenvalue weighted by atomic mass is 10.3. The Morgan fingerprint density at radius 1 is 1.19 bits per heavy atom. The van der Waals surface area contributed by atoms with Crippen LogP contribution in [-0.4, -0.2) is 33.7 Å². The first-order valence-electron chi connectivity index (χ1n) is 5.75. The number of nitrogens with zero attached hydrogens (tertiary/aromatic N) is 5. The summed E-state index contributed by atoms with van der Waals surface area (Å²) in [7, 11) is 1.47. The quantitative estimate of drug-likeness (QED) is 0.483. The summed E-state index contributed by atoms with van der Waals surface area (Å²) in [5, 5.41) is 8.08. The number of pyridine rings is 1. The van der Waals surface area contributed by atoms with Crippen LogP contribution in [0.1, 0.15) is 11.4 Å². The largest absolute Gasteiger partial charge is 0.480 e. The highest BCUT2D eigenvalue weighted by atomic mass is 35.5. The minimum absolute atomic E-state index is 0.0476. The van der Waals surface area contributed by atoms with Crippen LogP contribution >= 0.6 is 11.6 Å². The van der Waals surface area contributed by atoms with Gasteiger partial charge in [0.1, 0.15) is 11.4 Å². The van der Waals surface area contributed by atoms with Crippen LogP contribution in [0.15, 0.2) is 40.9 Å². The zero-order valence-corrected chi connectivity index (χ0v) is 11.8. The molecule has 21 heavy (non-hydrogen) atoms. The van der Waals surface area contributed by atoms with E-state index in [2.05, 4.69) is 25.2 Å². The molecule has 9 heteroatoms. The molecule has 0 aliphatic carbocycles. The molecule has 0 aromatic carbocycles. The van der Waals surface area contributed by atoms with Gasteiger partial charge in [-0.2, -0.15) is 0 Å². The van der Waals surface area contributed by atoms with E-state index in [0.717, 1.165) is 0 Å². The summed E-state index contributed by atoms with van der Waals surface area (Å²) in [6.45, 7) is 0. The first-order valence-corrected chi connectivity index (χ1v) is 6.13. The van der Waals surface area contributed by atoms with Crippen molar-refractivity contribution >= 4 is 23.3 Å². The van der Waals surface area contributed by atoms with E-state index in [-0.39, 0.29) is 11.7 Å². The molecule has 2 heterocycles. The van der Waals surface area contributed by atoms with Crippen molar-refractivity contribution in [2.75, 3.05) is 7.11 Å². The van der Waals surface area contributed by atoms with E-state index < -0.39 is 0 Å². The second-order valence-electron chi connectivity index (χ2n) is 3.78. The summed E-state index contributed by atoms with van der Waals surface area (Å²) in [5.41, 5.74) is 12.2. The zero-order chi connectivity index (χ0) is 15.2. The molecule has 8 nitrogen and oxygen atoms in total. The third-order valence-corrected chi connectivity index (χ3v) is 2.57. The molecular formula is C12H12ClN7O. The van der Waals surface area contributed by atoms with Crippen molar-refractivity contribution in [2.24, 2.45) is 21.7 Å². The molecule has 0 saturated heterocycles. The second-order valence-corrected chi connectivity index (χ2v) is 4.21. The molecule has 0 aliphatic rings. The van der Waals surface area contributed by atoms with Crippen molar-refractivity contribution in [1.29, 1.82) is 0 Å². The van der Waals surface area contributed by atoms with E-state index in [1.54, 1.807) is 12.1 Å². The molecule has 2 aromatic rings. The zero-order valence-electron chi connectivity index (χ0n) is 11.1. The Morgan fingerprint density at radius 2 is 1.90 bits per heavy atom. The number of amidine groups is 2. The van der Waals surface area contributed by atoms with Gasteiger partial charge >= 0.3 is 0 Å². The molecule has 0 atom stereocenters. The van der Waals surface area contributed by atoms with Crippen molar-refractivity contribution in [3.8, 4) is 5.88 Å². The highest BCUT2D eigenvalue weighted by Gasteiger charge is 2.04. The lowest BCUT2D eigenvalue weighted by molar-refractivity contribution is 0.395. The minimum Gasteiger partial charge on any atom is -0.480 e. The Bertz CT molecular complexity index is 702. The second kappa shape index (κ2) is 6.62. The van der Waals surface area contributed by atoms with Gasteiger partial charge in [-0.15, -0.1) is 10.2 Å². The van der Waals surface area contributed by atoms with E-state index in [1.807, 2.05) is 0 Å². The molecule has 0 fully saturated rings. The molecule has 0 aliphatic heterocycles. The van der Waals surface area contributed by atoms with E-state index in [4.69, 9.17) is 27.8 Å². The Kier molecular flexibility index (Phi) is 4.62. The number of rotatable bonds is 4. The van der Waals surface area contributed by atoms with Crippen molar-refractivity contribution in [3.63, 3.8) is 0 Å². The monoisotopic (exact) mass is 305 g/mol. The van der Waals surface area contributed by atoms with Crippen LogP contribution in [0.4, 0.5) is 0 Å². The van der Waals surface area contributed by atoms with Gasteiger partial charge in [0.2, 0.25) is 5.88 Å². The number of halogens is 1. The summed E-state index contributed by atoms with van der Waals surface area (Å²) in [6.07, 6.45) is 4.40. The molecule has 0 unspecified atom stereocenters. The third kappa shape index (κ3) is 3.86. The van der Waals surface area contributed by atoms with Gasteiger partial charge < -0.3 is 16.2 Å². The van der Waals surface area contributed by atoms with Gasteiger partial charge in [-0.25, -0.2) is 4.98 Å². The molecule has 0 radical (unpaired) electrons. The van der Waals surface area contributed by atoms with Crippen LogP contribution in [0.3, 0.4) is 0 Å². The molecule has 4 N–H and O–H groups in total. The Morgan fingerprint density at radius 3 is 2.57 bits per heavy atom. The fourth-order valence-electron chi connectivity index (χ4n) is 1.32. The maximum Gasteiger partial charge on any atom is 0.232 e. The maximum absolute atomic E-state index is 5.84. The van der Waals surface area contributed by atoms with Crippen molar-refractivity contribution in [1.82, 2.24) is 15.0 Å². The topological polar surface area (TPSA) is 125 Å². The van der Waals surface area contributed by atoms with Gasteiger partial charge in [0.25, 0.3) is 0 Å². The van der Waals surface area contributed by atoms with Gasteiger partial charge in [0.05, 0.1) is 19.5 Å². The van der Waals surface area contributed by atoms with E-state index >= 15 is 0 Å². The third-order valence-electron chi connectivity index (χ3n) is 2.33.